The Morgan fingerprint density at radius 2 is 0.682 bits per heavy atom. The molecule has 11 heteroatoms. The molecule has 44 heavy (non-hydrogen) atoms. The zero-order valence-corrected chi connectivity index (χ0v) is 25.9. The van der Waals surface area contributed by atoms with Gasteiger partial charge in [0.2, 0.25) is 0 Å². The fraction of sp³-hybridized carbons (Fsp3) is 0.0909. The Morgan fingerprint density at radius 1 is 0.432 bits per heavy atom. The van der Waals surface area contributed by atoms with Crippen molar-refractivity contribution < 1.29 is 43.2 Å². The molecule has 0 spiro atoms. The van der Waals surface area contributed by atoms with Gasteiger partial charge in [-0.1, -0.05) is 120 Å². The summed E-state index contributed by atoms with van der Waals surface area (Å²) in [5.74, 6) is 0.314. The second-order valence-corrected chi connectivity index (χ2v) is 12.8. The number of rotatable bonds is 6. The lowest BCUT2D eigenvalue weighted by molar-refractivity contribution is 0.225. The van der Waals surface area contributed by atoms with E-state index < -0.39 is 15.6 Å². The molecule has 0 bridgehead atoms. The van der Waals surface area contributed by atoms with Gasteiger partial charge in [0.15, 0.2) is 0 Å². The van der Waals surface area contributed by atoms with Crippen LogP contribution in [0.25, 0.3) is 44.5 Å². The van der Waals surface area contributed by atoms with Crippen LogP contribution in [0, 0.1) is 20.8 Å². The summed E-state index contributed by atoms with van der Waals surface area (Å²) in [6.07, 6.45) is 0. The molecule has 0 aromatic heterocycles. The van der Waals surface area contributed by atoms with E-state index in [4.69, 9.17) is 19.6 Å². The van der Waals surface area contributed by atoms with Crippen molar-refractivity contribution >= 4 is 15.6 Å². The molecule has 5 aromatic rings. The summed E-state index contributed by atoms with van der Waals surface area (Å²) in [4.78, 5) is 31.0. The highest BCUT2D eigenvalue weighted by molar-refractivity contribution is 7.60. The van der Waals surface area contributed by atoms with Crippen LogP contribution in [0.1, 0.15) is 16.7 Å². The molecule has 9 nitrogen and oxygen atoms in total. The van der Waals surface area contributed by atoms with Gasteiger partial charge in [0.05, 0.1) is 0 Å². The molecule has 5 aromatic carbocycles. The van der Waals surface area contributed by atoms with E-state index >= 15 is 0 Å². The first-order valence-electron chi connectivity index (χ1n) is 13.4. The third-order valence-corrected chi connectivity index (χ3v) is 8.44. The number of phenolic OH excluding ortho intramolecular Hbond substituents is 2. The molecule has 0 saturated carbocycles. The number of aryl methyl sites for hydroxylation is 3. The third kappa shape index (κ3) is 8.11. The highest BCUT2D eigenvalue weighted by atomic mass is 31.3. The lowest BCUT2D eigenvalue weighted by Crippen LogP contribution is -1.96. The smallest absolute Gasteiger partial charge is 0.478 e. The summed E-state index contributed by atoms with van der Waals surface area (Å²) in [6, 6.07) is 34.0. The molecule has 6 N–H and O–H groups in total. The van der Waals surface area contributed by atoms with Crippen molar-refractivity contribution in [3.8, 4) is 56.0 Å². The van der Waals surface area contributed by atoms with E-state index in [-0.39, 0.29) is 11.5 Å². The Hall–Kier alpha value is -4.04. The summed E-state index contributed by atoms with van der Waals surface area (Å²) in [5, 5.41) is 24.0. The van der Waals surface area contributed by atoms with Crippen LogP contribution in [-0.2, 0) is 13.4 Å². The maximum Gasteiger partial charge on any atom is 0.478 e. The quantitative estimate of drug-likeness (QED) is 0.0805. The van der Waals surface area contributed by atoms with E-state index in [0.717, 1.165) is 38.9 Å². The van der Waals surface area contributed by atoms with Gasteiger partial charge < -0.3 is 29.8 Å². The number of phosphoric acid groups is 2. The van der Waals surface area contributed by atoms with Crippen LogP contribution in [-0.4, -0.2) is 29.8 Å². The monoisotopic (exact) mass is 634 g/mol. The molecule has 0 atom stereocenters. The molecule has 0 saturated heterocycles. The second kappa shape index (κ2) is 13.3. The van der Waals surface area contributed by atoms with E-state index in [9.17, 15) is 19.3 Å². The first-order valence-corrected chi connectivity index (χ1v) is 16.4. The van der Waals surface area contributed by atoms with Crippen molar-refractivity contribution in [3.63, 3.8) is 0 Å². The summed E-state index contributed by atoms with van der Waals surface area (Å²) in [5.41, 5.74) is 9.31. The largest absolute Gasteiger partial charge is 0.507 e. The summed E-state index contributed by atoms with van der Waals surface area (Å²) >= 11 is 0. The van der Waals surface area contributed by atoms with Gasteiger partial charge in [-0.25, -0.2) is 9.13 Å². The molecule has 0 aliphatic heterocycles. The molecular formula is C33H32O9P2. The molecule has 228 valence electrons. The fourth-order valence-electron chi connectivity index (χ4n) is 4.75. The number of hydrogen-bond donors (Lipinski definition) is 6. The van der Waals surface area contributed by atoms with E-state index in [1.807, 2.05) is 124 Å². The van der Waals surface area contributed by atoms with Crippen molar-refractivity contribution in [2.45, 2.75) is 20.8 Å². The Kier molecular flexibility index (Phi) is 9.94. The molecule has 0 aliphatic carbocycles. The maximum atomic E-state index is 12.0. The predicted molar refractivity (Wildman–Crippen MR) is 171 cm³/mol. The Bertz CT molecular complexity index is 1820. The van der Waals surface area contributed by atoms with Gasteiger partial charge in [0.1, 0.15) is 11.5 Å². The van der Waals surface area contributed by atoms with Gasteiger partial charge in [-0.2, -0.15) is 4.31 Å². The van der Waals surface area contributed by atoms with Crippen LogP contribution in [0.15, 0.2) is 103 Å². The number of benzene rings is 5. The summed E-state index contributed by atoms with van der Waals surface area (Å²) in [7, 11) is -10.1. The fourth-order valence-corrected chi connectivity index (χ4v) is 5.86. The Balaban J connectivity index is 0.000000429. The highest BCUT2D eigenvalue weighted by Gasteiger charge is 2.28. The zero-order valence-electron chi connectivity index (χ0n) is 24.1. The van der Waals surface area contributed by atoms with Crippen molar-refractivity contribution in [3.05, 3.63) is 120 Å². The van der Waals surface area contributed by atoms with Crippen LogP contribution in [0.3, 0.4) is 0 Å². The Morgan fingerprint density at radius 3 is 0.909 bits per heavy atom. The van der Waals surface area contributed by atoms with Gasteiger partial charge in [0.25, 0.3) is 0 Å². The SMILES string of the molecule is Cc1ccc(-c2c(O)c(-c3ccc(C)cc3)c(-c3ccc(C)cc3)c(O)c2-c2ccccc2)cc1.O=P(O)(O)OP(=O)(O)O. The van der Waals surface area contributed by atoms with Crippen LogP contribution < -0.4 is 0 Å². The predicted octanol–water partition coefficient (Wildman–Crippen LogP) is 7.88. The normalized spacial score (nSPS) is 11.5. The molecular weight excluding hydrogens is 602 g/mol. The number of aromatic hydroxyl groups is 2. The van der Waals surface area contributed by atoms with E-state index in [2.05, 4.69) is 4.31 Å². The van der Waals surface area contributed by atoms with Gasteiger partial charge in [-0.15, -0.1) is 0 Å². The van der Waals surface area contributed by atoms with Crippen molar-refractivity contribution in [2.24, 2.45) is 0 Å². The molecule has 0 amide bonds. The lowest BCUT2D eigenvalue weighted by atomic mass is 9.83. The first kappa shape index (κ1) is 32.9. The van der Waals surface area contributed by atoms with Crippen LogP contribution in [0.4, 0.5) is 0 Å². The van der Waals surface area contributed by atoms with E-state index in [0.29, 0.717) is 22.3 Å². The summed E-state index contributed by atoms with van der Waals surface area (Å²) < 4.78 is 22.2. The molecule has 0 aliphatic rings. The van der Waals surface area contributed by atoms with E-state index in [1.165, 1.54) is 0 Å². The van der Waals surface area contributed by atoms with Gasteiger partial charge >= 0.3 is 15.6 Å². The average Bonchev–Trinajstić information content (AvgIpc) is 2.94. The minimum atomic E-state index is -5.05. The minimum Gasteiger partial charge on any atom is -0.507 e. The van der Waals surface area contributed by atoms with Crippen LogP contribution in [0.2, 0.25) is 0 Å². The topological polar surface area (TPSA) is 165 Å². The van der Waals surface area contributed by atoms with Crippen LogP contribution >= 0.6 is 15.6 Å². The van der Waals surface area contributed by atoms with Crippen molar-refractivity contribution in [2.75, 3.05) is 0 Å². The van der Waals surface area contributed by atoms with Crippen molar-refractivity contribution in [1.29, 1.82) is 0 Å². The zero-order chi connectivity index (χ0) is 32.2. The van der Waals surface area contributed by atoms with Gasteiger partial charge in [0, 0.05) is 22.3 Å². The van der Waals surface area contributed by atoms with Gasteiger partial charge in [-0.05, 0) is 43.0 Å². The second-order valence-electron chi connectivity index (χ2n) is 10.2. The number of phenols is 2. The maximum absolute atomic E-state index is 12.0. The molecule has 0 radical (unpaired) electrons. The van der Waals surface area contributed by atoms with Crippen molar-refractivity contribution in [1.82, 2.24) is 0 Å². The first-order chi connectivity index (χ1) is 20.6. The Labute approximate surface area is 255 Å². The standard InChI is InChI=1S/C33H28O2.H4O7P2/c1-21-9-15-25(16-10-21)29-28(24-7-5-4-6-8-24)32(34)30(26-17-11-22(2)12-18-26)31(33(29)35)27-19-13-23(3)14-20-27;1-8(2,3)7-9(4,5)6/h4-20,34-35H,1-3H3;(H2,1,2,3)(H2,4,5,6). The lowest BCUT2D eigenvalue weighted by Gasteiger charge is -2.23. The highest BCUT2D eigenvalue weighted by Crippen LogP contribution is 2.55. The molecule has 0 fully saturated rings. The average molecular weight is 635 g/mol. The summed E-state index contributed by atoms with van der Waals surface area (Å²) in [6.45, 7) is 6.12. The van der Waals surface area contributed by atoms with E-state index in [1.54, 1.807) is 0 Å². The van der Waals surface area contributed by atoms with Crippen LogP contribution in [0.5, 0.6) is 11.5 Å². The minimum absolute atomic E-state index is 0.156. The van der Waals surface area contributed by atoms with Gasteiger partial charge in [-0.3, -0.25) is 0 Å². The molecule has 0 unspecified atom stereocenters. The third-order valence-electron chi connectivity index (χ3n) is 6.74. The molecule has 0 heterocycles. The molecule has 5 rings (SSSR count). The number of hydrogen-bond acceptors (Lipinski definition) is 5.